The third-order valence-corrected chi connectivity index (χ3v) is 4.99. The Kier molecular flexibility index (Phi) is 9.43. The number of nitrogens with one attached hydrogen (secondary N) is 2. The third kappa shape index (κ3) is 7.86. The van der Waals surface area contributed by atoms with Gasteiger partial charge in [0.05, 0.1) is 16.3 Å². The predicted molar refractivity (Wildman–Crippen MR) is 121 cm³/mol. The van der Waals surface area contributed by atoms with Gasteiger partial charge < -0.3 is 10.1 Å². The molecule has 30 heavy (non-hydrogen) atoms. The summed E-state index contributed by atoms with van der Waals surface area (Å²) in [6.07, 6.45) is 1.83. The molecule has 9 heteroatoms. The van der Waals surface area contributed by atoms with E-state index < -0.39 is 17.9 Å². The Balaban J connectivity index is 1.93. The molecule has 160 valence electrons. The van der Waals surface area contributed by atoms with Gasteiger partial charge in [0.15, 0.2) is 6.61 Å². The summed E-state index contributed by atoms with van der Waals surface area (Å²) < 4.78 is 5.41. The Labute approximate surface area is 190 Å². The Hall–Kier alpha value is -2.28. The van der Waals surface area contributed by atoms with Crippen LogP contribution in [-0.4, -0.2) is 30.7 Å². The van der Waals surface area contributed by atoms with Crippen LogP contribution in [-0.2, 0) is 9.59 Å². The van der Waals surface area contributed by atoms with Gasteiger partial charge in [0.2, 0.25) is 0 Å². The summed E-state index contributed by atoms with van der Waals surface area (Å²) in [7, 11) is 0. The van der Waals surface area contributed by atoms with Gasteiger partial charge in [0.25, 0.3) is 11.8 Å². The zero-order valence-electron chi connectivity index (χ0n) is 16.5. The summed E-state index contributed by atoms with van der Waals surface area (Å²) >= 11 is 17.9. The fraction of sp³-hybridized carbons (Fsp3) is 0.286. The minimum Gasteiger partial charge on any atom is -0.484 e. The van der Waals surface area contributed by atoms with Crippen molar-refractivity contribution in [1.29, 1.82) is 0 Å². The molecule has 0 saturated heterocycles. The lowest BCUT2D eigenvalue weighted by Gasteiger charge is -2.19. The van der Waals surface area contributed by atoms with Gasteiger partial charge in [-0.15, -0.1) is 0 Å². The highest BCUT2D eigenvalue weighted by molar-refractivity contribution is 6.43. The number of hydrazone groups is 1. The molecular weight excluding hydrogens is 449 g/mol. The molecule has 2 aromatic rings. The van der Waals surface area contributed by atoms with Crippen LogP contribution in [0.4, 0.5) is 0 Å². The number of benzene rings is 2. The largest absolute Gasteiger partial charge is 0.484 e. The van der Waals surface area contributed by atoms with Gasteiger partial charge in [-0.25, -0.2) is 5.43 Å². The predicted octanol–water partition coefficient (Wildman–Crippen LogP) is 4.71. The zero-order valence-corrected chi connectivity index (χ0v) is 18.8. The molecule has 1 atom stereocenters. The van der Waals surface area contributed by atoms with Crippen LogP contribution in [0.25, 0.3) is 0 Å². The maximum atomic E-state index is 12.5. The first kappa shape index (κ1) is 24.0. The summed E-state index contributed by atoms with van der Waals surface area (Å²) in [6, 6.07) is 11.0. The Bertz CT molecular complexity index is 902. The maximum Gasteiger partial charge on any atom is 0.262 e. The van der Waals surface area contributed by atoms with E-state index in [0.29, 0.717) is 32.8 Å². The number of halogens is 3. The molecule has 0 radical (unpaired) electrons. The molecule has 0 unspecified atom stereocenters. The summed E-state index contributed by atoms with van der Waals surface area (Å²) in [5, 5.41) is 7.89. The van der Waals surface area contributed by atoms with Gasteiger partial charge in [-0.05, 0) is 42.7 Å². The summed E-state index contributed by atoms with van der Waals surface area (Å²) in [6.45, 7) is 3.67. The van der Waals surface area contributed by atoms with Gasteiger partial charge in [-0.2, -0.15) is 5.10 Å². The molecule has 2 rings (SSSR count). The first-order valence-corrected chi connectivity index (χ1v) is 10.3. The minimum absolute atomic E-state index is 0.171. The van der Waals surface area contributed by atoms with Crippen molar-refractivity contribution < 1.29 is 14.3 Å². The molecule has 0 bridgehead atoms. The van der Waals surface area contributed by atoms with Crippen molar-refractivity contribution in [3.05, 3.63) is 63.1 Å². The highest BCUT2D eigenvalue weighted by Gasteiger charge is 2.22. The highest BCUT2D eigenvalue weighted by atomic mass is 35.5. The van der Waals surface area contributed by atoms with E-state index in [-0.39, 0.29) is 12.5 Å². The van der Waals surface area contributed by atoms with Crippen LogP contribution in [0.2, 0.25) is 15.1 Å². The maximum absolute atomic E-state index is 12.5. The van der Waals surface area contributed by atoms with Crippen LogP contribution in [0.3, 0.4) is 0 Å². The lowest BCUT2D eigenvalue weighted by molar-refractivity contribution is -0.130. The van der Waals surface area contributed by atoms with Crippen molar-refractivity contribution in [3.8, 4) is 5.75 Å². The third-order valence-electron chi connectivity index (χ3n) is 3.90. The van der Waals surface area contributed by atoms with E-state index in [0.717, 1.165) is 0 Å². The average molecular weight is 471 g/mol. The van der Waals surface area contributed by atoms with Crippen molar-refractivity contribution >= 4 is 52.8 Å². The molecule has 0 saturated carbocycles. The second-order valence-electron chi connectivity index (χ2n) is 6.87. The molecule has 0 fully saturated rings. The van der Waals surface area contributed by atoms with Gasteiger partial charge >= 0.3 is 0 Å². The monoisotopic (exact) mass is 469 g/mol. The fourth-order valence-electron chi connectivity index (χ4n) is 2.48. The number of carbonyl (C=O) groups is 2. The van der Waals surface area contributed by atoms with Crippen molar-refractivity contribution in [2.75, 3.05) is 6.61 Å². The molecule has 6 nitrogen and oxygen atoms in total. The molecular formula is C21H22Cl3N3O3. The quantitative estimate of drug-likeness (QED) is 0.411. The average Bonchev–Trinajstić information content (AvgIpc) is 2.70. The van der Waals surface area contributed by atoms with Gasteiger partial charge in [0.1, 0.15) is 11.8 Å². The van der Waals surface area contributed by atoms with E-state index in [2.05, 4.69) is 15.8 Å². The van der Waals surface area contributed by atoms with Gasteiger partial charge in [-0.3, -0.25) is 9.59 Å². The normalized spacial score (nSPS) is 12.1. The molecule has 2 N–H and O–H groups in total. The van der Waals surface area contributed by atoms with Gasteiger partial charge in [-0.1, -0.05) is 60.8 Å². The molecule has 0 aliphatic rings. The molecule has 0 heterocycles. The summed E-state index contributed by atoms with van der Waals surface area (Å²) in [4.78, 5) is 24.8. The molecule has 2 aromatic carbocycles. The number of ether oxygens (including phenoxy) is 1. The molecule has 0 spiro atoms. The number of hydrogen-bond donors (Lipinski definition) is 2. The summed E-state index contributed by atoms with van der Waals surface area (Å²) in [5.41, 5.74) is 2.99. The van der Waals surface area contributed by atoms with Crippen LogP contribution >= 0.6 is 34.8 Å². The molecule has 0 aliphatic carbocycles. The van der Waals surface area contributed by atoms with Crippen LogP contribution in [0.15, 0.2) is 47.6 Å². The molecule has 0 aliphatic heterocycles. The topological polar surface area (TPSA) is 79.8 Å². The van der Waals surface area contributed by atoms with Crippen molar-refractivity contribution in [3.63, 3.8) is 0 Å². The number of rotatable bonds is 9. The summed E-state index contributed by atoms with van der Waals surface area (Å²) in [5.74, 6) is -0.197. The van der Waals surface area contributed by atoms with E-state index in [9.17, 15) is 9.59 Å². The number of amides is 2. The lowest BCUT2D eigenvalue weighted by atomic mass is 10.0. The van der Waals surface area contributed by atoms with Gasteiger partial charge in [0, 0.05) is 10.6 Å². The van der Waals surface area contributed by atoms with Crippen molar-refractivity contribution in [2.45, 2.75) is 26.3 Å². The fourth-order valence-corrected chi connectivity index (χ4v) is 2.96. The lowest BCUT2D eigenvalue weighted by Crippen LogP contribution is -2.47. The smallest absolute Gasteiger partial charge is 0.262 e. The van der Waals surface area contributed by atoms with E-state index in [1.807, 2.05) is 13.8 Å². The second kappa shape index (κ2) is 11.8. The van der Waals surface area contributed by atoms with E-state index in [4.69, 9.17) is 39.5 Å². The van der Waals surface area contributed by atoms with Crippen LogP contribution in [0, 0.1) is 5.92 Å². The Morgan fingerprint density at radius 1 is 1.10 bits per heavy atom. The Morgan fingerprint density at radius 3 is 2.47 bits per heavy atom. The van der Waals surface area contributed by atoms with Crippen LogP contribution in [0.1, 0.15) is 25.8 Å². The zero-order chi connectivity index (χ0) is 22.1. The minimum atomic E-state index is -0.765. The van der Waals surface area contributed by atoms with Crippen molar-refractivity contribution in [2.24, 2.45) is 11.0 Å². The first-order chi connectivity index (χ1) is 14.3. The van der Waals surface area contributed by atoms with Crippen LogP contribution in [0.5, 0.6) is 5.75 Å². The Morgan fingerprint density at radius 2 is 1.80 bits per heavy atom. The SMILES string of the molecule is CC(C)C[C@@H](NC(=O)COc1ccc(Cl)cc1)C(=O)N/N=C\c1cccc(Cl)c1Cl. The first-order valence-electron chi connectivity index (χ1n) is 9.21. The highest BCUT2D eigenvalue weighted by Crippen LogP contribution is 2.24. The van der Waals surface area contributed by atoms with E-state index in [1.54, 1.807) is 42.5 Å². The number of nitrogens with zero attached hydrogens (tertiary/aromatic N) is 1. The van der Waals surface area contributed by atoms with E-state index >= 15 is 0 Å². The van der Waals surface area contributed by atoms with Crippen LogP contribution < -0.4 is 15.5 Å². The molecule has 0 aromatic heterocycles. The number of carbonyl (C=O) groups excluding carboxylic acids is 2. The molecule has 2 amide bonds. The van der Waals surface area contributed by atoms with Crippen molar-refractivity contribution in [1.82, 2.24) is 10.7 Å². The standard InChI is InChI=1S/C21H22Cl3N3O3/c1-13(2)10-18(26-19(28)12-30-16-8-6-15(22)7-9-16)21(29)27-25-11-14-4-3-5-17(23)20(14)24/h3-9,11,13,18H,10,12H2,1-2H3,(H,26,28)(H,27,29)/b25-11-/t18-/m1/s1. The number of hydrogen-bond acceptors (Lipinski definition) is 4. The van der Waals surface area contributed by atoms with E-state index in [1.165, 1.54) is 6.21 Å². The second-order valence-corrected chi connectivity index (χ2v) is 8.09.